The normalized spacial score (nSPS) is 12.6. The Morgan fingerprint density at radius 2 is 2.25 bits per heavy atom. The van der Waals surface area contributed by atoms with Gasteiger partial charge in [0, 0.05) is 24.2 Å². The molecule has 2 aromatic rings. The van der Waals surface area contributed by atoms with Crippen molar-refractivity contribution in [3.63, 3.8) is 0 Å². The summed E-state index contributed by atoms with van der Waals surface area (Å²) < 4.78 is 2.55. The standard InChI is InChI=1S/C15H22ClN5OS.HI/c1-3-17-15(18-6-7-21-10-11(2)8-20-21)19-9-12(22)13-4-5-14(16)23-13;/h4-5,8,10,12,22H,3,6-7,9H2,1-2H3,(H2,17,18,19);1H. The molecular formula is C15H23ClIN5OS. The van der Waals surface area contributed by atoms with Gasteiger partial charge in [-0.2, -0.15) is 5.10 Å². The summed E-state index contributed by atoms with van der Waals surface area (Å²) in [4.78, 5) is 5.23. The van der Waals surface area contributed by atoms with Crippen LogP contribution < -0.4 is 10.6 Å². The zero-order chi connectivity index (χ0) is 16.7. The molecule has 0 aromatic carbocycles. The van der Waals surface area contributed by atoms with Crippen molar-refractivity contribution >= 4 is 52.9 Å². The van der Waals surface area contributed by atoms with Crippen molar-refractivity contribution < 1.29 is 5.11 Å². The minimum absolute atomic E-state index is 0. The molecule has 3 N–H and O–H groups in total. The molecule has 0 aliphatic carbocycles. The molecule has 0 saturated heterocycles. The quantitative estimate of drug-likeness (QED) is 0.322. The fourth-order valence-electron chi connectivity index (χ4n) is 1.99. The topological polar surface area (TPSA) is 74.5 Å². The lowest BCUT2D eigenvalue weighted by Gasteiger charge is -2.12. The van der Waals surface area contributed by atoms with Gasteiger partial charge in [0.05, 0.1) is 23.6 Å². The number of hydrogen-bond acceptors (Lipinski definition) is 4. The number of aliphatic imine (C=N–C) groups is 1. The van der Waals surface area contributed by atoms with Crippen LogP contribution in [0.25, 0.3) is 0 Å². The van der Waals surface area contributed by atoms with Crippen molar-refractivity contribution in [2.45, 2.75) is 26.5 Å². The first-order valence-electron chi connectivity index (χ1n) is 7.53. The molecule has 0 amide bonds. The second-order valence-corrected chi connectivity index (χ2v) is 6.83. The van der Waals surface area contributed by atoms with Crippen molar-refractivity contribution in [2.24, 2.45) is 4.99 Å². The lowest BCUT2D eigenvalue weighted by Crippen LogP contribution is -2.39. The molecule has 0 spiro atoms. The van der Waals surface area contributed by atoms with E-state index in [0.717, 1.165) is 23.5 Å². The van der Waals surface area contributed by atoms with Crippen LogP contribution in [0.4, 0.5) is 0 Å². The molecule has 24 heavy (non-hydrogen) atoms. The van der Waals surface area contributed by atoms with Crippen molar-refractivity contribution in [2.75, 3.05) is 19.6 Å². The third kappa shape index (κ3) is 6.96. The summed E-state index contributed by atoms with van der Waals surface area (Å²) in [6.07, 6.45) is 3.19. The number of aliphatic hydroxyl groups excluding tert-OH is 1. The minimum Gasteiger partial charge on any atom is -0.386 e. The highest BCUT2D eigenvalue weighted by Gasteiger charge is 2.10. The first kappa shape index (κ1) is 21.2. The number of hydrogen-bond donors (Lipinski definition) is 3. The predicted octanol–water partition coefficient (Wildman–Crippen LogP) is 2.81. The van der Waals surface area contributed by atoms with Crippen LogP contribution in [0.3, 0.4) is 0 Å². The van der Waals surface area contributed by atoms with Gasteiger partial charge >= 0.3 is 0 Å². The van der Waals surface area contributed by atoms with Crippen LogP contribution in [-0.4, -0.2) is 40.5 Å². The molecule has 0 aliphatic heterocycles. The monoisotopic (exact) mass is 483 g/mol. The van der Waals surface area contributed by atoms with E-state index in [9.17, 15) is 5.11 Å². The Labute approximate surface area is 168 Å². The third-order valence-corrected chi connectivity index (χ3v) is 4.42. The van der Waals surface area contributed by atoms with Gasteiger partial charge < -0.3 is 15.7 Å². The lowest BCUT2D eigenvalue weighted by molar-refractivity contribution is 0.191. The zero-order valence-corrected chi connectivity index (χ0v) is 17.6. The molecule has 6 nitrogen and oxygen atoms in total. The Kier molecular flexibility index (Phi) is 9.64. The molecule has 2 rings (SSSR count). The summed E-state index contributed by atoms with van der Waals surface area (Å²) in [6, 6.07) is 3.61. The molecule has 9 heteroatoms. The van der Waals surface area contributed by atoms with Crippen LogP contribution in [0.2, 0.25) is 4.34 Å². The first-order chi connectivity index (χ1) is 11.1. The van der Waals surface area contributed by atoms with E-state index in [2.05, 4.69) is 20.7 Å². The highest BCUT2D eigenvalue weighted by Crippen LogP contribution is 2.26. The smallest absolute Gasteiger partial charge is 0.191 e. The van der Waals surface area contributed by atoms with Crippen LogP contribution in [0.1, 0.15) is 23.5 Å². The number of nitrogens with zero attached hydrogens (tertiary/aromatic N) is 3. The van der Waals surface area contributed by atoms with E-state index in [-0.39, 0.29) is 30.5 Å². The maximum absolute atomic E-state index is 10.1. The zero-order valence-electron chi connectivity index (χ0n) is 13.7. The van der Waals surface area contributed by atoms with Crippen molar-refractivity contribution in [1.29, 1.82) is 0 Å². The molecule has 1 atom stereocenters. The fraction of sp³-hybridized carbons (Fsp3) is 0.467. The van der Waals surface area contributed by atoms with Gasteiger partial charge in [-0.15, -0.1) is 35.3 Å². The Balaban J connectivity index is 0.00000288. The number of aliphatic hydroxyl groups is 1. The molecule has 134 valence electrons. The van der Waals surface area contributed by atoms with E-state index in [1.54, 1.807) is 6.07 Å². The Bertz CT molecular complexity index is 645. The summed E-state index contributed by atoms with van der Waals surface area (Å²) in [5, 5.41) is 20.8. The summed E-state index contributed by atoms with van der Waals surface area (Å²) in [7, 11) is 0. The van der Waals surface area contributed by atoms with Crippen molar-refractivity contribution in [3.8, 4) is 0 Å². The van der Waals surface area contributed by atoms with Crippen molar-refractivity contribution in [1.82, 2.24) is 20.4 Å². The predicted molar refractivity (Wildman–Crippen MR) is 111 cm³/mol. The summed E-state index contributed by atoms with van der Waals surface area (Å²) in [5.74, 6) is 0.679. The molecular weight excluding hydrogens is 461 g/mol. The number of nitrogens with one attached hydrogen (secondary N) is 2. The molecule has 1 unspecified atom stereocenters. The van der Waals surface area contributed by atoms with Gasteiger partial charge in [-0.3, -0.25) is 9.67 Å². The molecule has 2 aromatic heterocycles. The molecule has 2 heterocycles. The average Bonchev–Trinajstić information content (AvgIpc) is 3.13. The number of rotatable bonds is 7. The van der Waals surface area contributed by atoms with Crippen LogP contribution in [0, 0.1) is 6.92 Å². The summed E-state index contributed by atoms with van der Waals surface area (Å²) in [5.41, 5.74) is 1.14. The Morgan fingerprint density at radius 1 is 1.46 bits per heavy atom. The van der Waals surface area contributed by atoms with Crippen LogP contribution in [0.5, 0.6) is 0 Å². The van der Waals surface area contributed by atoms with E-state index in [1.807, 2.05) is 37.0 Å². The maximum atomic E-state index is 10.1. The number of aryl methyl sites for hydroxylation is 1. The largest absolute Gasteiger partial charge is 0.386 e. The summed E-state index contributed by atoms with van der Waals surface area (Å²) >= 11 is 7.26. The van der Waals surface area contributed by atoms with E-state index >= 15 is 0 Å². The molecule has 0 bridgehead atoms. The SMILES string of the molecule is CCNC(=NCC(O)c1ccc(Cl)s1)NCCn1cc(C)cn1.I. The Morgan fingerprint density at radius 3 is 2.83 bits per heavy atom. The van der Waals surface area contributed by atoms with Crippen LogP contribution in [-0.2, 0) is 6.54 Å². The van der Waals surface area contributed by atoms with Gasteiger partial charge in [0.15, 0.2) is 5.96 Å². The van der Waals surface area contributed by atoms with Gasteiger partial charge in [0.2, 0.25) is 0 Å². The van der Waals surface area contributed by atoms with Crippen LogP contribution >= 0.6 is 46.9 Å². The molecule has 0 radical (unpaired) electrons. The Hall–Kier alpha value is -0.840. The number of halogens is 2. The second-order valence-electron chi connectivity index (χ2n) is 5.08. The second kappa shape index (κ2) is 10.9. The molecule has 0 saturated carbocycles. The molecule has 0 aliphatic rings. The van der Waals surface area contributed by atoms with Crippen LogP contribution in [0.15, 0.2) is 29.5 Å². The van der Waals surface area contributed by atoms with Gasteiger partial charge in [-0.05, 0) is 31.5 Å². The number of guanidine groups is 1. The highest BCUT2D eigenvalue weighted by molar-refractivity contribution is 14.0. The van der Waals surface area contributed by atoms with Gasteiger partial charge in [0.1, 0.15) is 6.10 Å². The first-order valence-corrected chi connectivity index (χ1v) is 8.72. The van der Waals surface area contributed by atoms with E-state index in [1.165, 1.54) is 11.3 Å². The van der Waals surface area contributed by atoms with Crippen molar-refractivity contribution in [3.05, 3.63) is 39.3 Å². The molecule has 0 fully saturated rings. The number of thiophene rings is 1. The lowest BCUT2D eigenvalue weighted by atomic mass is 10.3. The van der Waals surface area contributed by atoms with Gasteiger partial charge in [-0.25, -0.2) is 0 Å². The highest BCUT2D eigenvalue weighted by atomic mass is 127. The minimum atomic E-state index is -0.642. The van der Waals surface area contributed by atoms with E-state index < -0.39 is 6.10 Å². The summed E-state index contributed by atoms with van der Waals surface area (Å²) in [6.45, 7) is 6.51. The van der Waals surface area contributed by atoms with Gasteiger partial charge in [-0.1, -0.05) is 11.6 Å². The van der Waals surface area contributed by atoms with E-state index in [0.29, 0.717) is 16.8 Å². The van der Waals surface area contributed by atoms with E-state index in [4.69, 9.17) is 11.6 Å². The average molecular weight is 484 g/mol. The number of aromatic nitrogens is 2. The maximum Gasteiger partial charge on any atom is 0.191 e. The van der Waals surface area contributed by atoms with Gasteiger partial charge in [0.25, 0.3) is 0 Å². The third-order valence-electron chi connectivity index (χ3n) is 3.08. The fourth-order valence-corrected chi connectivity index (χ4v) is 3.03.